The van der Waals surface area contributed by atoms with Crippen LogP contribution in [0.3, 0.4) is 0 Å². The van der Waals surface area contributed by atoms with E-state index in [4.69, 9.17) is 0 Å². The Balaban J connectivity index is 0.00000289. The van der Waals surface area contributed by atoms with Crippen LogP contribution in [0, 0.1) is 3.57 Å². The lowest BCUT2D eigenvalue weighted by Crippen LogP contribution is -2.34. The molecular formula is C13H20ClIN2O. The maximum absolute atomic E-state index is 11.8. The Morgan fingerprint density at radius 1 is 1.22 bits per heavy atom. The third kappa shape index (κ3) is 6.02. The van der Waals surface area contributed by atoms with E-state index in [9.17, 15) is 4.79 Å². The van der Waals surface area contributed by atoms with E-state index in [1.165, 1.54) is 0 Å². The van der Waals surface area contributed by atoms with E-state index in [-0.39, 0.29) is 18.3 Å². The highest BCUT2D eigenvalue weighted by molar-refractivity contribution is 14.1. The molecule has 102 valence electrons. The van der Waals surface area contributed by atoms with Crippen molar-refractivity contribution in [3.63, 3.8) is 0 Å². The number of hydrogen-bond acceptors (Lipinski definition) is 2. The first-order valence-corrected chi connectivity index (χ1v) is 7.01. The van der Waals surface area contributed by atoms with Crippen LogP contribution in [0.15, 0.2) is 24.3 Å². The van der Waals surface area contributed by atoms with Gasteiger partial charge in [-0.2, -0.15) is 0 Å². The minimum absolute atomic E-state index is 0. The van der Waals surface area contributed by atoms with Gasteiger partial charge in [0.2, 0.25) is 0 Å². The molecule has 0 atom stereocenters. The summed E-state index contributed by atoms with van der Waals surface area (Å²) < 4.78 is 1.14. The van der Waals surface area contributed by atoms with Crippen LogP contribution < -0.4 is 5.32 Å². The average Bonchev–Trinajstić information content (AvgIpc) is 2.35. The molecule has 0 spiro atoms. The molecule has 0 fully saturated rings. The highest BCUT2D eigenvalue weighted by atomic mass is 127. The molecule has 0 aliphatic carbocycles. The fraction of sp³-hybridized carbons (Fsp3) is 0.462. The van der Waals surface area contributed by atoms with Gasteiger partial charge in [-0.1, -0.05) is 13.8 Å². The van der Waals surface area contributed by atoms with Crippen LogP contribution in [0.2, 0.25) is 0 Å². The van der Waals surface area contributed by atoms with Gasteiger partial charge in [0.1, 0.15) is 0 Å². The molecule has 0 heterocycles. The summed E-state index contributed by atoms with van der Waals surface area (Å²) in [6.45, 7) is 7.91. The summed E-state index contributed by atoms with van der Waals surface area (Å²) in [5, 5.41) is 2.93. The van der Waals surface area contributed by atoms with Gasteiger partial charge in [-0.05, 0) is 59.9 Å². The normalized spacial score (nSPS) is 10.0. The Morgan fingerprint density at radius 3 is 2.28 bits per heavy atom. The number of nitrogens with zero attached hydrogens (tertiary/aromatic N) is 1. The molecule has 1 amide bonds. The van der Waals surface area contributed by atoms with E-state index in [0.29, 0.717) is 6.54 Å². The second-order valence-electron chi connectivity index (χ2n) is 3.79. The van der Waals surface area contributed by atoms with Crippen molar-refractivity contribution in [3.8, 4) is 0 Å². The van der Waals surface area contributed by atoms with Gasteiger partial charge in [-0.15, -0.1) is 12.4 Å². The highest BCUT2D eigenvalue weighted by Gasteiger charge is 2.05. The molecule has 0 aliphatic heterocycles. The molecule has 3 nitrogen and oxygen atoms in total. The molecule has 1 aromatic rings. The zero-order valence-corrected chi connectivity index (χ0v) is 13.8. The summed E-state index contributed by atoms with van der Waals surface area (Å²) in [5.41, 5.74) is 0.727. The number of nitrogens with one attached hydrogen (secondary N) is 1. The average molecular weight is 383 g/mol. The quantitative estimate of drug-likeness (QED) is 0.767. The van der Waals surface area contributed by atoms with Crippen LogP contribution in [-0.2, 0) is 0 Å². The van der Waals surface area contributed by atoms with Crippen LogP contribution in [0.1, 0.15) is 24.2 Å². The van der Waals surface area contributed by atoms with Gasteiger partial charge in [-0.3, -0.25) is 4.79 Å². The van der Waals surface area contributed by atoms with Gasteiger partial charge in [0.15, 0.2) is 0 Å². The number of rotatable bonds is 6. The summed E-state index contributed by atoms with van der Waals surface area (Å²) in [7, 11) is 0. The van der Waals surface area contributed by atoms with E-state index in [0.717, 1.165) is 28.8 Å². The second kappa shape index (κ2) is 9.58. The molecule has 18 heavy (non-hydrogen) atoms. The van der Waals surface area contributed by atoms with Crippen molar-refractivity contribution < 1.29 is 4.79 Å². The number of carbonyl (C=O) groups is 1. The standard InChI is InChI=1S/C13H19IN2O.ClH/c1-3-16(4-2)10-9-15-13(17)11-5-7-12(14)8-6-11;/h5-8H,3-4,9-10H2,1-2H3,(H,15,17);1H. The third-order valence-corrected chi connectivity index (χ3v) is 3.43. The molecule has 5 heteroatoms. The van der Waals surface area contributed by atoms with Crippen LogP contribution in [-0.4, -0.2) is 37.0 Å². The first kappa shape index (κ1) is 17.7. The zero-order valence-electron chi connectivity index (χ0n) is 10.8. The maximum Gasteiger partial charge on any atom is 0.251 e. The van der Waals surface area contributed by atoms with Crippen LogP contribution >= 0.6 is 35.0 Å². The molecule has 1 rings (SSSR count). The molecule has 0 bridgehead atoms. The summed E-state index contributed by atoms with van der Waals surface area (Å²) in [4.78, 5) is 14.1. The maximum atomic E-state index is 11.8. The number of hydrogen-bond donors (Lipinski definition) is 1. The van der Waals surface area contributed by atoms with Crippen molar-refractivity contribution in [1.82, 2.24) is 10.2 Å². The van der Waals surface area contributed by atoms with E-state index in [1.807, 2.05) is 24.3 Å². The molecule has 0 saturated heterocycles. The lowest BCUT2D eigenvalue weighted by molar-refractivity contribution is 0.0949. The number of carbonyl (C=O) groups excluding carboxylic acids is 1. The van der Waals surface area contributed by atoms with Crippen LogP contribution in [0.4, 0.5) is 0 Å². The van der Waals surface area contributed by atoms with Gasteiger partial charge < -0.3 is 10.2 Å². The van der Waals surface area contributed by atoms with E-state index in [1.54, 1.807) is 0 Å². The van der Waals surface area contributed by atoms with Crippen molar-refractivity contribution in [1.29, 1.82) is 0 Å². The fourth-order valence-corrected chi connectivity index (χ4v) is 1.93. The zero-order chi connectivity index (χ0) is 12.7. The molecule has 0 saturated carbocycles. The Morgan fingerprint density at radius 2 is 1.78 bits per heavy atom. The van der Waals surface area contributed by atoms with Crippen molar-refractivity contribution >= 4 is 40.9 Å². The number of amides is 1. The molecule has 0 aromatic heterocycles. The topological polar surface area (TPSA) is 32.3 Å². The number of benzene rings is 1. The van der Waals surface area contributed by atoms with Crippen molar-refractivity contribution in [2.24, 2.45) is 0 Å². The minimum Gasteiger partial charge on any atom is -0.351 e. The lowest BCUT2D eigenvalue weighted by Gasteiger charge is -2.17. The van der Waals surface area contributed by atoms with E-state index in [2.05, 4.69) is 46.7 Å². The highest BCUT2D eigenvalue weighted by Crippen LogP contribution is 2.06. The predicted octanol–water partition coefficient (Wildman–Crippen LogP) is 2.78. The second-order valence-corrected chi connectivity index (χ2v) is 5.04. The van der Waals surface area contributed by atoms with Gasteiger partial charge >= 0.3 is 0 Å². The fourth-order valence-electron chi connectivity index (χ4n) is 1.57. The molecule has 0 radical (unpaired) electrons. The predicted molar refractivity (Wildman–Crippen MR) is 86.5 cm³/mol. The van der Waals surface area contributed by atoms with Gasteiger partial charge in [0, 0.05) is 22.2 Å². The van der Waals surface area contributed by atoms with Crippen molar-refractivity contribution in [2.45, 2.75) is 13.8 Å². The van der Waals surface area contributed by atoms with Crippen LogP contribution in [0.25, 0.3) is 0 Å². The van der Waals surface area contributed by atoms with Crippen molar-refractivity contribution in [2.75, 3.05) is 26.2 Å². The molecule has 1 aromatic carbocycles. The monoisotopic (exact) mass is 382 g/mol. The minimum atomic E-state index is 0. The molecule has 0 unspecified atom stereocenters. The van der Waals surface area contributed by atoms with Gasteiger partial charge in [0.25, 0.3) is 5.91 Å². The Kier molecular flexibility index (Phi) is 9.40. The SMILES string of the molecule is CCN(CC)CCNC(=O)c1ccc(I)cc1.Cl. The van der Waals surface area contributed by atoms with E-state index < -0.39 is 0 Å². The first-order chi connectivity index (χ1) is 8.17. The molecular weight excluding hydrogens is 363 g/mol. The summed E-state index contributed by atoms with van der Waals surface area (Å²) >= 11 is 2.23. The van der Waals surface area contributed by atoms with Gasteiger partial charge in [0.05, 0.1) is 0 Å². The number of likely N-dealkylation sites (N-methyl/N-ethyl adjacent to an activating group) is 1. The molecule has 1 N–H and O–H groups in total. The van der Waals surface area contributed by atoms with Gasteiger partial charge in [-0.25, -0.2) is 0 Å². The molecule has 0 aliphatic rings. The first-order valence-electron chi connectivity index (χ1n) is 5.93. The van der Waals surface area contributed by atoms with Crippen molar-refractivity contribution in [3.05, 3.63) is 33.4 Å². The number of halogens is 2. The summed E-state index contributed by atoms with van der Waals surface area (Å²) in [6.07, 6.45) is 0. The smallest absolute Gasteiger partial charge is 0.251 e. The Bertz CT molecular complexity index is 353. The summed E-state index contributed by atoms with van der Waals surface area (Å²) in [6, 6.07) is 7.60. The largest absolute Gasteiger partial charge is 0.351 e. The summed E-state index contributed by atoms with van der Waals surface area (Å²) in [5.74, 6) is 0.00792. The van der Waals surface area contributed by atoms with E-state index >= 15 is 0 Å². The third-order valence-electron chi connectivity index (χ3n) is 2.71. The van der Waals surface area contributed by atoms with Crippen LogP contribution in [0.5, 0.6) is 0 Å². The Hall–Kier alpha value is -0.330. The lowest BCUT2D eigenvalue weighted by atomic mass is 10.2. The Labute approximate surface area is 129 Å².